The zero-order valence-electron chi connectivity index (χ0n) is 11.2. The molecule has 2 heterocycles. The Morgan fingerprint density at radius 3 is 2.62 bits per heavy atom. The maximum atomic E-state index is 10.6. The van der Waals surface area contributed by atoms with E-state index in [1.165, 1.54) is 0 Å². The Kier molecular flexibility index (Phi) is 3.72. The molecule has 1 aromatic carbocycles. The third-order valence-corrected chi connectivity index (χ3v) is 4.25. The summed E-state index contributed by atoms with van der Waals surface area (Å²) in [7, 11) is 0. The zero-order valence-corrected chi connectivity index (χ0v) is 12.0. The van der Waals surface area contributed by atoms with Crippen LogP contribution in [0.4, 0.5) is 0 Å². The van der Waals surface area contributed by atoms with E-state index in [-0.39, 0.29) is 13.0 Å². The second-order valence-electron chi connectivity index (χ2n) is 4.82. The first-order chi connectivity index (χ1) is 10.2. The molecule has 108 valence electrons. The molecule has 0 saturated carbocycles. The summed E-state index contributed by atoms with van der Waals surface area (Å²) in [6, 6.07) is 7.60. The molecule has 0 bridgehead atoms. The molecule has 2 N–H and O–H groups in total. The Hall–Kier alpha value is -2.18. The molecular formula is C15H14N2O3S. The van der Waals surface area contributed by atoms with Gasteiger partial charge in [-0.1, -0.05) is 24.3 Å². The van der Waals surface area contributed by atoms with Crippen LogP contribution in [0.5, 0.6) is 0 Å². The number of hydrogen-bond acceptors (Lipinski definition) is 4. The van der Waals surface area contributed by atoms with Gasteiger partial charge in [0.1, 0.15) is 0 Å². The molecule has 6 heteroatoms. The smallest absolute Gasteiger partial charge is 0.307 e. The summed E-state index contributed by atoms with van der Waals surface area (Å²) >= 11 is 1.59. The van der Waals surface area contributed by atoms with Crippen molar-refractivity contribution in [3.05, 3.63) is 58.4 Å². The number of rotatable bonds is 5. The molecule has 0 aliphatic carbocycles. The SMILES string of the molecule is O=C(O)Cc1ccc(Cc2cn3c(CO)cnc3s2)cc1. The molecule has 0 radical (unpaired) electrons. The van der Waals surface area contributed by atoms with Gasteiger partial charge in [-0.05, 0) is 11.1 Å². The van der Waals surface area contributed by atoms with Crippen LogP contribution < -0.4 is 0 Å². The van der Waals surface area contributed by atoms with Crippen molar-refractivity contribution in [3.8, 4) is 0 Å². The van der Waals surface area contributed by atoms with Crippen molar-refractivity contribution in [1.82, 2.24) is 9.38 Å². The summed E-state index contributed by atoms with van der Waals surface area (Å²) in [5.41, 5.74) is 2.71. The highest BCUT2D eigenvalue weighted by Crippen LogP contribution is 2.22. The van der Waals surface area contributed by atoms with Crippen LogP contribution in [0, 0.1) is 0 Å². The van der Waals surface area contributed by atoms with Crippen molar-refractivity contribution >= 4 is 22.3 Å². The Labute approximate surface area is 125 Å². The quantitative estimate of drug-likeness (QED) is 0.757. The van der Waals surface area contributed by atoms with E-state index < -0.39 is 5.97 Å². The Morgan fingerprint density at radius 2 is 1.95 bits per heavy atom. The van der Waals surface area contributed by atoms with E-state index in [0.29, 0.717) is 0 Å². The highest BCUT2D eigenvalue weighted by Gasteiger charge is 2.08. The standard InChI is InChI=1S/C15H14N2O3S/c18-9-12-7-16-15-17(12)8-13(21-15)5-10-1-3-11(4-2-10)6-14(19)20/h1-4,7-8,18H,5-6,9H2,(H,19,20). The van der Waals surface area contributed by atoms with Gasteiger partial charge in [-0.25, -0.2) is 4.98 Å². The fourth-order valence-electron chi connectivity index (χ4n) is 2.23. The number of carboxylic acid groups (broad SMARTS) is 1. The lowest BCUT2D eigenvalue weighted by Crippen LogP contribution is -1.99. The van der Waals surface area contributed by atoms with Crippen LogP contribution >= 0.6 is 11.3 Å². The molecule has 0 spiro atoms. The average Bonchev–Trinajstić information content (AvgIpc) is 3.00. The number of aliphatic carboxylic acids is 1. The van der Waals surface area contributed by atoms with Crippen LogP contribution in [0.15, 0.2) is 36.7 Å². The minimum Gasteiger partial charge on any atom is -0.481 e. The fourth-order valence-corrected chi connectivity index (χ4v) is 3.23. The van der Waals surface area contributed by atoms with Crippen molar-refractivity contribution in [2.24, 2.45) is 0 Å². The van der Waals surface area contributed by atoms with E-state index in [2.05, 4.69) is 4.98 Å². The summed E-state index contributed by atoms with van der Waals surface area (Å²) in [6.45, 7) is -0.0266. The second-order valence-corrected chi connectivity index (χ2v) is 5.92. The number of thiazole rings is 1. The molecule has 0 amide bonds. The van der Waals surface area contributed by atoms with Crippen LogP contribution in [-0.2, 0) is 24.2 Å². The van der Waals surface area contributed by atoms with Gasteiger partial charge in [0.05, 0.1) is 24.9 Å². The lowest BCUT2D eigenvalue weighted by molar-refractivity contribution is -0.136. The van der Waals surface area contributed by atoms with Crippen molar-refractivity contribution in [1.29, 1.82) is 0 Å². The average molecular weight is 302 g/mol. The minimum absolute atomic E-state index is 0.0266. The van der Waals surface area contributed by atoms with Crippen molar-refractivity contribution in [2.75, 3.05) is 0 Å². The van der Waals surface area contributed by atoms with Gasteiger partial charge in [0.25, 0.3) is 0 Å². The largest absolute Gasteiger partial charge is 0.481 e. The molecule has 5 nitrogen and oxygen atoms in total. The second kappa shape index (κ2) is 5.67. The lowest BCUT2D eigenvalue weighted by atomic mass is 10.1. The van der Waals surface area contributed by atoms with Crippen LogP contribution in [0.25, 0.3) is 4.96 Å². The predicted octanol–water partition coefficient (Wildman–Crippen LogP) is 2.11. The summed E-state index contributed by atoms with van der Waals surface area (Å²) in [5.74, 6) is -0.821. The molecular weight excluding hydrogens is 288 g/mol. The van der Waals surface area contributed by atoms with Crippen LogP contribution in [0.3, 0.4) is 0 Å². The highest BCUT2D eigenvalue weighted by molar-refractivity contribution is 7.17. The van der Waals surface area contributed by atoms with Crippen molar-refractivity contribution < 1.29 is 15.0 Å². The normalized spacial score (nSPS) is 11.1. The number of carboxylic acids is 1. The number of imidazole rings is 1. The van der Waals surface area contributed by atoms with E-state index in [0.717, 1.165) is 33.1 Å². The first-order valence-electron chi connectivity index (χ1n) is 6.51. The third-order valence-electron chi connectivity index (χ3n) is 3.25. The topological polar surface area (TPSA) is 74.8 Å². The van der Waals surface area contributed by atoms with Crippen molar-refractivity contribution in [3.63, 3.8) is 0 Å². The van der Waals surface area contributed by atoms with E-state index in [4.69, 9.17) is 5.11 Å². The fraction of sp³-hybridized carbons (Fsp3) is 0.200. The lowest BCUT2D eigenvalue weighted by Gasteiger charge is -2.01. The molecule has 3 aromatic rings. The molecule has 3 rings (SSSR count). The number of aromatic nitrogens is 2. The van der Waals surface area contributed by atoms with Gasteiger partial charge in [-0.15, -0.1) is 11.3 Å². The summed E-state index contributed by atoms with van der Waals surface area (Å²) in [4.78, 5) is 16.9. The van der Waals surface area contributed by atoms with Gasteiger partial charge in [0, 0.05) is 17.5 Å². The number of benzene rings is 1. The Balaban J connectivity index is 1.78. The summed E-state index contributed by atoms with van der Waals surface area (Å²) in [5, 5.41) is 18.0. The Bertz CT molecular complexity index is 774. The summed E-state index contributed by atoms with van der Waals surface area (Å²) < 4.78 is 1.90. The van der Waals surface area contributed by atoms with Gasteiger partial charge in [0.2, 0.25) is 0 Å². The van der Waals surface area contributed by atoms with Crippen LogP contribution in [-0.4, -0.2) is 25.6 Å². The monoisotopic (exact) mass is 302 g/mol. The molecule has 0 saturated heterocycles. The number of carbonyl (C=O) groups is 1. The van der Waals surface area contributed by atoms with Crippen molar-refractivity contribution in [2.45, 2.75) is 19.4 Å². The number of fused-ring (bicyclic) bond motifs is 1. The maximum absolute atomic E-state index is 10.6. The number of aliphatic hydroxyl groups excluding tert-OH is 1. The maximum Gasteiger partial charge on any atom is 0.307 e. The van der Waals surface area contributed by atoms with Gasteiger partial charge in [0.15, 0.2) is 4.96 Å². The van der Waals surface area contributed by atoms with Gasteiger partial charge < -0.3 is 10.2 Å². The van der Waals surface area contributed by atoms with Gasteiger partial charge in [-0.2, -0.15) is 0 Å². The first kappa shape index (κ1) is 13.8. The molecule has 2 aromatic heterocycles. The zero-order chi connectivity index (χ0) is 14.8. The summed E-state index contributed by atoms with van der Waals surface area (Å²) in [6.07, 6.45) is 4.49. The molecule has 0 unspecified atom stereocenters. The molecule has 0 fully saturated rings. The van der Waals surface area contributed by atoms with Crippen LogP contribution in [0.2, 0.25) is 0 Å². The van der Waals surface area contributed by atoms with E-state index >= 15 is 0 Å². The molecule has 0 aliphatic rings. The predicted molar refractivity (Wildman–Crippen MR) is 79.6 cm³/mol. The number of aliphatic hydroxyl groups is 1. The van der Waals surface area contributed by atoms with Gasteiger partial charge >= 0.3 is 5.97 Å². The number of hydrogen-bond donors (Lipinski definition) is 2. The van der Waals surface area contributed by atoms with E-state index in [1.54, 1.807) is 17.5 Å². The Morgan fingerprint density at radius 1 is 1.24 bits per heavy atom. The van der Waals surface area contributed by atoms with E-state index in [9.17, 15) is 9.90 Å². The molecule has 21 heavy (non-hydrogen) atoms. The number of nitrogens with zero attached hydrogens (tertiary/aromatic N) is 2. The van der Waals surface area contributed by atoms with E-state index in [1.807, 2.05) is 34.9 Å². The molecule has 0 aliphatic heterocycles. The first-order valence-corrected chi connectivity index (χ1v) is 7.32. The highest BCUT2D eigenvalue weighted by atomic mass is 32.1. The third kappa shape index (κ3) is 2.96. The molecule has 0 atom stereocenters. The van der Waals surface area contributed by atoms with Crippen LogP contribution in [0.1, 0.15) is 21.7 Å². The van der Waals surface area contributed by atoms with Gasteiger partial charge in [-0.3, -0.25) is 9.20 Å². The minimum atomic E-state index is -0.821.